The van der Waals surface area contributed by atoms with Crippen LogP contribution in [-0.4, -0.2) is 27.7 Å². The van der Waals surface area contributed by atoms with Gasteiger partial charge in [0.2, 0.25) is 0 Å². The molecule has 1 atom stereocenters. The summed E-state index contributed by atoms with van der Waals surface area (Å²) in [5.74, 6) is 1.53. The molecule has 4 rings (SSSR count). The van der Waals surface area contributed by atoms with Gasteiger partial charge in [0.05, 0.1) is 18.8 Å². The van der Waals surface area contributed by atoms with Crippen molar-refractivity contribution in [2.45, 2.75) is 25.8 Å². The summed E-state index contributed by atoms with van der Waals surface area (Å²) in [7, 11) is 0. The zero-order valence-electron chi connectivity index (χ0n) is 13.1. The Morgan fingerprint density at radius 3 is 3.17 bits per heavy atom. The van der Waals surface area contributed by atoms with Gasteiger partial charge in [-0.25, -0.2) is 9.97 Å². The fourth-order valence-corrected chi connectivity index (χ4v) is 3.83. The van der Waals surface area contributed by atoms with Gasteiger partial charge in [-0.05, 0) is 19.4 Å². The zero-order valence-corrected chi connectivity index (χ0v) is 13.9. The smallest absolute Gasteiger partial charge is 0.123 e. The summed E-state index contributed by atoms with van der Waals surface area (Å²) in [4.78, 5) is 9.33. The second-order valence-electron chi connectivity index (χ2n) is 5.99. The van der Waals surface area contributed by atoms with Gasteiger partial charge in [-0.1, -0.05) is 23.8 Å². The van der Waals surface area contributed by atoms with Crippen LogP contribution < -0.4 is 0 Å². The Bertz CT molecular complexity index is 802. The monoisotopic (exact) mass is 325 g/mol. The molecule has 1 fully saturated rings. The van der Waals surface area contributed by atoms with Crippen molar-refractivity contribution in [3.63, 3.8) is 0 Å². The predicted molar refractivity (Wildman–Crippen MR) is 91.8 cm³/mol. The molecule has 2 aromatic heterocycles. The topological polar surface area (TPSA) is 39.9 Å². The van der Waals surface area contributed by atoms with Gasteiger partial charge in [0.15, 0.2) is 0 Å². The Kier molecular flexibility index (Phi) is 3.97. The third-order valence-electron chi connectivity index (χ3n) is 4.19. The molecule has 5 heteroatoms. The van der Waals surface area contributed by atoms with Crippen LogP contribution in [0.2, 0.25) is 0 Å². The van der Waals surface area contributed by atoms with E-state index in [1.54, 1.807) is 11.3 Å². The molecule has 3 aromatic rings. The number of ether oxygens (including phenoxy) is 1. The molecule has 0 radical (unpaired) electrons. The maximum Gasteiger partial charge on any atom is 0.123 e. The zero-order chi connectivity index (χ0) is 15.6. The molecule has 1 aliphatic heterocycles. The number of aromatic nitrogens is 3. The summed E-state index contributed by atoms with van der Waals surface area (Å²) < 4.78 is 7.70. The van der Waals surface area contributed by atoms with Crippen LogP contribution in [0, 0.1) is 6.92 Å². The summed E-state index contributed by atoms with van der Waals surface area (Å²) in [6.07, 6.45) is 4.98. The van der Waals surface area contributed by atoms with Crippen LogP contribution in [0.15, 0.2) is 42.0 Å². The van der Waals surface area contributed by atoms with Crippen LogP contribution in [0.3, 0.4) is 0 Å². The first-order valence-electron chi connectivity index (χ1n) is 7.90. The Morgan fingerprint density at radius 1 is 1.39 bits per heavy atom. The standard InChI is InChI=1S/C18H19N3OS/c1-13-3-2-4-14(9-13)18-20-16(12-23-18)10-21-7-6-19-17(21)15-5-8-22-11-15/h2-4,6-7,9,12,15H,5,8,10-11H2,1H3/t15-/m0/s1. The number of thiazole rings is 1. The van der Waals surface area contributed by atoms with Crippen LogP contribution in [0.4, 0.5) is 0 Å². The number of aryl methyl sites for hydroxylation is 1. The Balaban J connectivity index is 1.55. The molecule has 118 valence electrons. The molecule has 0 saturated carbocycles. The Morgan fingerprint density at radius 2 is 2.35 bits per heavy atom. The molecule has 0 N–H and O–H groups in total. The minimum atomic E-state index is 0.417. The van der Waals surface area contributed by atoms with Gasteiger partial charge in [0.1, 0.15) is 10.8 Å². The van der Waals surface area contributed by atoms with Crippen molar-refractivity contribution in [3.8, 4) is 10.6 Å². The van der Waals surface area contributed by atoms with Crippen LogP contribution in [0.1, 0.15) is 29.4 Å². The minimum absolute atomic E-state index is 0.417. The van der Waals surface area contributed by atoms with Gasteiger partial charge in [0.25, 0.3) is 0 Å². The van der Waals surface area contributed by atoms with Crippen molar-refractivity contribution in [3.05, 3.63) is 59.1 Å². The predicted octanol–water partition coefficient (Wildman–Crippen LogP) is 3.87. The second-order valence-corrected chi connectivity index (χ2v) is 6.85. The fourth-order valence-electron chi connectivity index (χ4n) is 3.02. The molecule has 1 saturated heterocycles. The van der Waals surface area contributed by atoms with Gasteiger partial charge >= 0.3 is 0 Å². The highest BCUT2D eigenvalue weighted by Crippen LogP contribution is 2.27. The van der Waals surface area contributed by atoms with Crippen LogP contribution in [-0.2, 0) is 11.3 Å². The number of imidazole rings is 1. The molecule has 0 amide bonds. The molecule has 0 aliphatic carbocycles. The van der Waals surface area contributed by atoms with E-state index in [0.29, 0.717) is 5.92 Å². The first-order valence-corrected chi connectivity index (χ1v) is 8.78. The molecule has 1 aliphatic rings. The average molecular weight is 325 g/mol. The van der Waals surface area contributed by atoms with E-state index in [4.69, 9.17) is 9.72 Å². The largest absolute Gasteiger partial charge is 0.381 e. The van der Waals surface area contributed by atoms with Crippen molar-refractivity contribution < 1.29 is 4.74 Å². The number of hydrogen-bond donors (Lipinski definition) is 0. The quantitative estimate of drug-likeness (QED) is 0.731. The summed E-state index contributed by atoms with van der Waals surface area (Å²) >= 11 is 1.70. The maximum absolute atomic E-state index is 5.49. The second kappa shape index (κ2) is 6.26. The van der Waals surface area contributed by atoms with Crippen molar-refractivity contribution in [2.24, 2.45) is 0 Å². The Labute approximate surface area is 139 Å². The van der Waals surface area contributed by atoms with Crippen LogP contribution in [0.25, 0.3) is 10.6 Å². The Hall–Kier alpha value is -1.98. The molecule has 4 nitrogen and oxygen atoms in total. The lowest BCUT2D eigenvalue weighted by Crippen LogP contribution is -2.10. The van der Waals surface area contributed by atoms with Gasteiger partial charge in [0, 0.05) is 35.9 Å². The molecular weight excluding hydrogens is 306 g/mol. The normalized spacial score (nSPS) is 17.7. The third-order valence-corrected chi connectivity index (χ3v) is 5.13. The number of rotatable bonds is 4. The van der Waals surface area contributed by atoms with E-state index in [9.17, 15) is 0 Å². The lowest BCUT2D eigenvalue weighted by atomic mass is 10.1. The molecular formula is C18H19N3OS. The molecule has 0 spiro atoms. The molecule has 0 unspecified atom stereocenters. The van der Waals surface area contributed by atoms with E-state index >= 15 is 0 Å². The van der Waals surface area contributed by atoms with E-state index in [-0.39, 0.29) is 0 Å². The first-order chi connectivity index (χ1) is 11.3. The average Bonchev–Trinajstić information content (AvgIpc) is 3.29. The first kappa shape index (κ1) is 14.6. The lowest BCUT2D eigenvalue weighted by Gasteiger charge is -2.10. The lowest BCUT2D eigenvalue weighted by molar-refractivity contribution is 0.192. The van der Waals surface area contributed by atoms with E-state index in [1.165, 1.54) is 11.1 Å². The van der Waals surface area contributed by atoms with Crippen LogP contribution >= 0.6 is 11.3 Å². The summed E-state index contributed by atoms with van der Waals surface area (Å²) in [6.45, 7) is 4.50. The molecule has 1 aromatic carbocycles. The van der Waals surface area contributed by atoms with Gasteiger partial charge in [-0.3, -0.25) is 0 Å². The third kappa shape index (κ3) is 3.07. The molecule has 23 heavy (non-hydrogen) atoms. The highest BCUT2D eigenvalue weighted by Gasteiger charge is 2.22. The molecule has 0 bridgehead atoms. The van der Waals surface area contributed by atoms with Crippen molar-refractivity contribution >= 4 is 11.3 Å². The van der Waals surface area contributed by atoms with Crippen molar-refractivity contribution in [2.75, 3.05) is 13.2 Å². The fraction of sp³-hybridized carbons (Fsp3) is 0.333. The van der Waals surface area contributed by atoms with Gasteiger partial charge in [-0.2, -0.15) is 0 Å². The van der Waals surface area contributed by atoms with E-state index in [0.717, 1.165) is 42.7 Å². The SMILES string of the molecule is Cc1cccc(-c2nc(Cn3ccnc3[C@H]3CCOC3)cs2)c1. The highest BCUT2D eigenvalue weighted by atomic mass is 32.1. The van der Waals surface area contributed by atoms with Crippen LogP contribution in [0.5, 0.6) is 0 Å². The summed E-state index contributed by atoms with van der Waals surface area (Å²) in [5, 5.41) is 3.22. The van der Waals surface area contributed by atoms with E-state index in [1.807, 2.05) is 12.4 Å². The van der Waals surface area contributed by atoms with E-state index in [2.05, 4.69) is 46.1 Å². The number of nitrogens with zero attached hydrogens (tertiary/aromatic N) is 3. The van der Waals surface area contributed by atoms with Crippen molar-refractivity contribution in [1.82, 2.24) is 14.5 Å². The minimum Gasteiger partial charge on any atom is -0.381 e. The molecule has 3 heterocycles. The van der Waals surface area contributed by atoms with Crippen molar-refractivity contribution in [1.29, 1.82) is 0 Å². The number of hydrogen-bond acceptors (Lipinski definition) is 4. The maximum atomic E-state index is 5.49. The number of benzene rings is 1. The summed E-state index contributed by atoms with van der Waals surface area (Å²) in [5.41, 5.74) is 3.54. The van der Waals surface area contributed by atoms with Gasteiger partial charge < -0.3 is 9.30 Å². The van der Waals surface area contributed by atoms with E-state index < -0.39 is 0 Å². The van der Waals surface area contributed by atoms with Gasteiger partial charge in [-0.15, -0.1) is 11.3 Å². The summed E-state index contributed by atoms with van der Waals surface area (Å²) in [6, 6.07) is 8.49. The highest BCUT2D eigenvalue weighted by molar-refractivity contribution is 7.13.